The van der Waals surface area contributed by atoms with Gasteiger partial charge in [-0.2, -0.15) is 5.10 Å². The summed E-state index contributed by atoms with van der Waals surface area (Å²) < 4.78 is 1.63. The number of nitrogens with zero attached hydrogens (tertiary/aromatic N) is 3. The largest absolute Gasteiger partial charge is 0.396 e. The van der Waals surface area contributed by atoms with Crippen molar-refractivity contribution in [2.45, 2.75) is 33.2 Å². The number of amides is 1. The molecule has 2 heterocycles. The molecule has 6 nitrogen and oxygen atoms in total. The van der Waals surface area contributed by atoms with Gasteiger partial charge in [-0.1, -0.05) is 6.92 Å². The highest BCUT2D eigenvalue weighted by Crippen LogP contribution is 2.16. The molecule has 0 aliphatic heterocycles. The minimum Gasteiger partial charge on any atom is -0.396 e. The van der Waals surface area contributed by atoms with Crippen LogP contribution in [0, 0.1) is 13.8 Å². The molecule has 2 aromatic heterocycles. The highest BCUT2D eigenvalue weighted by atomic mass is 32.1. The molecule has 20 heavy (non-hydrogen) atoms. The number of carbonyl (C=O) groups excluding carboxylic acids is 1. The lowest BCUT2D eigenvalue weighted by Gasteiger charge is -2.10. The Balaban J connectivity index is 1.88. The number of hydrogen-bond acceptors (Lipinski definition) is 5. The Kier molecular flexibility index (Phi) is 4.39. The topological polar surface area (TPSA) is 85.8 Å². The smallest absolute Gasteiger partial charge is 0.241 e. The molecule has 0 bridgehead atoms. The van der Waals surface area contributed by atoms with Crippen molar-refractivity contribution in [1.29, 1.82) is 0 Å². The standard InChI is InChI=1S/C13H19N5OS/c1-8(13-15-4-5-20-13)6-16-11(19)7-18-10(3)12(14)9(2)17-18/h4-5,8H,6-7,14H2,1-3H3,(H,16,19). The van der Waals surface area contributed by atoms with Gasteiger partial charge in [0, 0.05) is 24.0 Å². The second-order valence-electron chi connectivity index (χ2n) is 4.82. The highest BCUT2D eigenvalue weighted by molar-refractivity contribution is 7.09. The lowest BCUT2D eigenvalue weighted by Crippen LogP contribution is -2.31. The number of thiazole rings is 1. The molecule has 2 rings (SSSR count). The van der Waals surface area contributed by atoms with E-state index in [0.717, 1.165) is 16.4 Å². The average molecular weight is 293 g/mol. The van der Waals surface area contributed by atoms with Gasteiger partial charge in [-0.3, -0.25) is 9.48 Å². The number of hydrogen-bond donors (Lipinski definition) is 2. The van der Waals surface area contributed by atoms with Gasteiger partial charge in [-0.15, -0.1) is 11.3 Å². The Hall–Kier alpha value is -1.89. The molecule has 7 heteroatoms. The van der Waals surface area contributed by atoms with E-state index in [9.17, 15) is 4.79 Å². The van der Waals surface area contributed by atoms with E-state index >= 15 is 0 Å². The van der Waals surface area contributed by atoms with Crippen molar-refractivity contribution in [2.75, 3.05) is 12.3 Å². The molecule has 3 N–H and O–H groups in total. The van der Waals surface area contributed by atoms with Gasteiger partial charge in [0.1, 0.15) is 6.54 Å². The van der Waals surface area contributed by atoms with E-state index in [1.807, 2.05) is 26.2 Å². The highest BCUT2D eigenvalue weighted by Gasteiger charge is 2.13. The molecule has 0 radical (unpaired) electrons. The molecular formula is C13H19N5OS. The van der Waals surface area contributed by atoms with Gasteiger partial charge in [-0.05, 0) is 13.8 Å². The molecule has 0 aliphatic carbocycles. The van der Waals surface area contributed by atoms with E-state index in [0.29, 0.717) is 12.2 Å². The maximum atomic E-state index is 11.9. The number of nitrogens with one attached hydrogen (secondary N) is 1. The van der Waals surface area contributed by atoms with Crippen LogP contribution in [0.3, 0.4) is 0 Å². The summed E-state index contributed by atoms with van der Waals surface area (Å²) >= 11 is 1.60. The third-order valence-electron chi connectivity index (χ3n) is 3.21. The summed E-state index contributed by atoms with van der Waals surface area (Å²) in [6.45, 7) is 6.50. The minimum atomic E-state index is -0.0704. The van der Waals surface area contributed by atoms with Crippen molar-refractivity contribution in [1.82, 2.24) is 20.1 Å². The molecule has 0 spiro atoms. The van der Waals surface area contributed by atoms with Crippen LogP contribution >= 0.6 is 11.3 Å². The number of aryl methyl sites for hydroxylation is 1. The van der Waals surface area contributed by atoms with Crippen LogP contribution in [0.1, 0.15) is 29.2 Å². The normalized spacial score (nSPS) is 12.3. The number of aromatic nitrogens is 3. The lowest BCUT2D eigenvalue weighted by molar-refractivity contribution is -0.121. The minimum absolute atomic E-state index is 0.0704. The second kappa shape index (κ2) is 6.04. The van der Waals surface area contributed by atoms with Crippen LogP contribution in [0.15, 0.2) is 11.6 Å². The Morgan fingerprint density at radius 3 is 2.85 bits per heavy atom. The molecule has 1 unspecified atom stereocenters. The van der Waals surface area contributed by atoms with Crippen molar-refractivity contribution < 1.29 is 4.79 Å². The van der Waals surface area contributed by atoms with Gasteiger partial charge in [0.05, 0.1) is 22.1 Å². The second-order valence-corrected chi connectivity index (χ2v) is 5.74. The van der Waals surface area contributed by atoms with E-state index in [1.165, 1.54) is 0 Å². The number of carbonyl (C=O) groups is 1. The Labute approximate surface area is 122 Å². The van der Waals surface area contributed by atoms with E-state index in [2.05, 4.69) is 15.4 Å². The first-order valence-electron chi connectivity index (χ1n) is 6.44. The first kappa shape index (κ1) is 14.5. The van der Waals surface area contributed by atoms with Crippen molar-refractivity contribution in [3.8, 4) is 0 Å². The van der Waals surface area contributed by atoms with Crippen molar-refractivity contribution in [3.05, 3.63) is 28.0 Å². The Morgan fingerprint density at radius 1 is 1.55 bits per heavy atom. The predicted octanol–water partition coefficient (Wildman–Crippen LogP) is 1.46. The summed E-state index contributed by atoms with van der Waals surface area (Å²) in [4.78, 5) is 16.2. The molecule has 0 saturated carbocycles. The van der Waals surface area contributed by atoms with Crippen LogP contribution in [0.5, 0.6) is 0 Å². The van der Waals surface area contributed by atoms with Gasteiger partial charge in [0.25, 0.3) is 0 Å². The molecule has 2 aromatic rings. The van der Waals surface area contributed by atoms with Crippen LogP contribution in [0.4, 0.5) is 5.69 Å². The van der Waals surface area contributed by atoms with Gasteiger partial charge in [-0.25, -0.2) is 4.98 Å². The zero-order chi connectivity index (χ0) is 14.7. The number of rotatable bonds is 5. The quantitative estimate of drug-likeness (QED) is 0.874. The zero-order valence-electron chi connectivity index (χ0n) is 11.9. The fraction of sp³-hybridized carbons (Fsp3) is 0.462. The molecule has 1 amide bonds. The first-order valence-corrected chi connectivity index (χ1v) is 7.32. The molecule has 0 saturated heterocycles. The van der Waals surface area contributed by atoms with Crippen LogP contribution < -0.4 is 11.1 Å². The molecule has 0 aliphatic rings. The van der Waals surface area contributed by atoms with E-state index in [4.69, 9.17) is 5.73 Å². The molecular weight excluding hydrogens is 274 g/mol. The Bertz CT molecular complexity index is 590. The summed E-state index contributed by atoms with van der Waals surface area (Å²) in [5, 5.41) is 10.1. The fourth-order valence-corrected chi connectivity index (χ4v) is 2.59. The van der Waals surface area contributed by atoms with Crippen molar-refractivity contribution in [3.63, 3.8) is 0 Å². The number of anilines is 1. The third-order valence-corrected chi connectivity index (χ3v) is 4.22. The van der Waals surface area contributed by atoms with Crippen LogP contribution in [0.25, 0.3) is 0 Å². The van der Waals surface area contributed by atoms with Gasteiger partial charge >= 0.3 is 0 Å². The Morgan fingerprint density at radius 2 is 2.30 bits per heavy atom. The third kappa shape index (κ3) is 3.16. The van der Waals surface area contributed by atoms with Crippen LogP contribution in [-0.2, 0) is 11.3 Å². The maximum absolute atomic E-state index is 11.9. The SMILES string of the molecule is Cc1nn(CC(=O)NCC(C)c2nccs2)c(C)c1N. The average Bonchev–Trinajstić information content (AvgIpc) is 3.02. The molecule has 1 atom stereocenters. The van der Waals surface area contributed by atoms with E-state index < -0.39 is 0 Å². The summed E-state index contributed by atoms with van der Waals surface area (Å²) in [6, 6.07) is 0. The zero-order valence-corrected chi connectivity index (χ0v) is 12.7. The van der Waals surface area contributed by atoms with Gasteiger partial charge in [0.2, 0.25) is 5.91 Å². The van der Waals surface area contributed by atoms with E-state index in [1.54, 1.807) is 22.2 Å². The van der Waals surface area contributed by atoms with Crippen molar-refractivity contribution >= 4 is 22.9 Å². The van der Waals surface area contributed by atoms with E-state index in [-0.39, 0.29) is 18.4 Å². The summed E-state index contributed by atoms with van der Waals surface area (Å²) in [5.74, 6) is 0.142. The summed E-state index contributed by atoms with van der Waals surface area (Å²) in [7, 11) is 0. The maximum Gasteiger partial charge on any atom is 0.241 e. The fourth-order valence-electron chi connectivity index (χ4n) is 1.89. The first-order chi connectivity index (χ1) is 9.49. The van der Waals surface area contributed by atoms with Crippen LogP contribution in [0.2, 0.25) is 0 Å². The molecule has 0 fully saturated rings. The van der Waals surface area contributed by atoms with Gasteiger partial charge < -0.3 is 11.1 Å². The number of nitrogen functional groups attached to an aromatic ring is 1. The summed E-state index contributed by atoms with van der Waals surface area (Å²) in [6.07, 6.45) is 1.77. The number of nitrogens with two attached hydrogens (primary N) is 1. The molecule has 108 valence electrons. The van der Waals surface area contributed by atoms with Crippen molar-refractivity contribution in [2.24, 2.45) is 0 Å². The van der Waals surface area contributed by atoms with Gasteiger partial charge in [0.15, 0.2) is 0 Å². The summed E-state index contributed by atoms with van der Waals surface area (Å²) in [5.41, 5.74) is 8.07. The monoisotopic (exact) mass is 293 g/mol. The predicted molar refractivity (Wildman–Crippen MR) is 79.7 cm³/mol. The van der Waals surface area contributed by atoms with Crippen LogP contribution in [-0.4, -0.2) is 27.2 Å². The molecule has 0 aromatic carbocycles. The lowest BCUT2D eigenvalue weighted by atomic mass is 10.2.